The summed E-state index contributed by atoms with van der Waals surface area (Å²) in [6.45, 7) is 0.911. The number of nitrogens with two attached hydrogens (primary N) is 1. The number of sulfonamides is 1. The highest BCUT2D eigenvalue weighted by molar-refractivity contribution is 7.89. The van der Waals surface area contributed by atoms with Crippen molar-refractivity contribution in [1.29, 1.82) is 0 Å². The van der Waals surface area contributed by atoms with Gasteiger partial charge < -0.3 is 10.5 Å². The highest BCUT2D eigenvalue weighted by Crippen LogP contribution is 2.29. The van der Waals surface area contributed by atoms with Crippen LogP contribution >= 0.6 is 0 Å². The summed E-state index contributed by atoms with van der Waals surface area (Å²) in [6, 6.07) is 2.57. The van der Waals surface area contributed by atoms with Crippen LogP contribution in [0, 0.1) is 6.92 Å². The van der Waals surface area contributed by atoms with Gasteiger partial charge in [0, 0.05) is 12.2 Å². The lowest BCUT2D eigenvalue weighted by atomic mass is 10.2. The molecule has 0 aliphatic heterocycles. The van der Waals surface area contributed by atoms with Crippen molar-refractivity contribution in [3.63, 3.8) is 0 Å². The first-order valence-corrected chi connectivity index (χ1v) is 7.05. The second-order valence-electron chi connectivity index (χ2n) is 4.12. The zero-order valence-corrected chi connectivity index (χ0v) is 11.7. The lowest BCUT2D eigenvalue weighted by Gasteiger charge is -2.13. The molecule has 0 aliphatic rings. The Labute approximate surface area is 115 Å². The Morgan fingerprint density at radius 2 is 1.95 bits per heavy atom. The van der Waals surface area contributed by atoms with Gasteiger partial charge in [-0.25, -0.2) is 13.1 Å². The molecule has 3 N–H and O–H groups in total. The average molecular weight is 312 g/mol. The molecule has 9 heteroatoms. The van der Waals surface area contributed by atoms with Crippen LogP contribution in [-0.4, -0.2) is 28.2 Å². The Balaban J connectivity index is 3.01. The van der Waals surface area contributed by atoms with Gasteiger partial charge in [-0.2, -0.15) is 13.2 Å². The predicted octanol–water partition coefficient (Wildman–Crippen LogP) is 1.82. The quantitative estimate of drug-likeness (QED) is 0.813. The number of nitrogens with one attached hydrogen (secondary N) is 1. The predicted molar refractivity (Wildman–Crippen MR) is 68.0 cm³/mol. The largest absolute Gasteiger partial charge is 0.495 e. The maximum Gasteiger partial charge on any atom is 0.390 e. The summed E-state index contributed by atoms with van der Waals surface area (Å²) in [4.78, 5) is -0.287. The second-order valence-corrected chi connectivity index (χ2v) is 5.86. The number of halogens is 3. The first kappa shape index (κ1) is 16.6. The number of nitrogen functional groups attached to an aromatic ring is 1. The summed E-state index contributed by atoms with van der Waals surface area (Å²) in [5.41, 5.74) is 6.43. The van der Waals surface area contributed by atoms with Gasteiger partial charge in [-0.15, -0.1) is 0 Å². The van der Waals surface area contributed by atoms with E-state index >= 15 is 0 Å². The topological polar surface area (TPSA) is 81.4 Å². The molecule has 0 aliphatic carbocycles. The van der Waals surface area contributed by atoms with Gasteiger partial charge in [0.2, 0.25) is 10.0 Å². The Hall–Kier alpha value is -1.48. The number of benzene rings is 1. The van der Waals surface area contributed by atoms with Crippen LogP contribution in [0.3, 0.4) is 0 Å². The number of hydrogen-bond donors (Lipinski definition) is 2. The summed E-state index contributed by atoms with van der Waals surface area (Å²) in [6.07, 6.45) is -5.69. The molecule has 0 bridgehead atoms. The summed E-state index contributed by atoms with van der Waals surface area (Å²) in [5, 5.41) is 0. The Bertz CT molecular complexity index is 585. The van der Waals surface area contributed by atoms with Crippen molar-refractivity contribution in [1.82, 2.24) is 4.72 Å². The van der Waals surface area contributed by atoms with Crippen molar-refractivity contribution in [3.05, 3.63) is 17.7 Å². The normalized spacial score (nSPS) is 12.4. The summed E-state index contributed by atoms with van der Waals surface area (Å²) in [7, 11) is -2.86. The van der Waals surface area contributed by atoms with Gasteiger partial charge in [-0.1, -0.05) is 0 Å². The van der Waals surface area contributed by atoms with Gasteiger partial charge in [0.15, 0.2) is 0 Å². The lowest BCUT2D eigenvalue weighted by Crippen LogP contribution is -2.28. The van der Waals surface area contributed by atoms with E-state index in [-0.39, 0.29) is 16.3 Å². The van der Waals surface area contributed by atoms with Gasteiger partial charge in [0.25, 0.3) is 0 Å². The monoisotopic (exact) mass is 312 g/mol. The third-order valence-electron chi connectivity index (χ3n) is 2.54. The highest BCUT2D eigenvalue weighted by Gasteiger charge is 2.28. The van der Waals surface area contributed by atoms with Crippen molar-refractivity contribution in [2.45, 2.75) is 24.4 Å². The van der Waals surface area contributed by atoms with Crippen LogP contribution in [0.4, 0.5) is 18.9 Å². The standard InChI is InChI=1S/C11H15F3N2O3S/c1-7-5-9(19-2)10(6-8(7)15)20(17,18)16-4-3-11(12,13)14/h5-6,16H,3-4,15H2,1-2H3. The second kappa shape index (κ2) is 5.88. The van der Waals surface area contributed by atoms with Gasteiger partial charge in [-0.05, 0) is 24.6 Å². The minimum atomic E-state index is -4.43. The molecule has 0 saturated heterocycles. The molecular formula is C11H15F3N2O3S. The molecule has 0 spiro atoms. The van der Waals surface area contributed by atoms with E-state index in [4.69, 9.17) is 10.5 Å². The summed E-state index contributed by atoms with van der Waals surface area (Å²) in [5.74, 6) is 0.0243. The molecule has 0 heterocycles. The number of anilines is 1. The van der Waals surface area contributed by atoms with Gasteiger partial charge in [0.05, 0.1) is 13.5 Å². The lowest BCUT2D eigenvalue weighted by molar-refractivity contribution is -0.132. The van der Waals surface area contributed by atoms with Crippen molar-refractivity contribution < 1.29 is 26.3 Å². The van der Waals surface area contributed by atoms with Crippen molar-refractivity contribution in [2.24, 2.45) is 0 Å². The number of alkyl halides is 3. The molecule has 0 radical (unpaired) electrons. The van der Waals surface area contributed by atoms with Crippen LogP contribution < -0.4 is 15.2 Å². The van der Waals surface area contributed by atoms with Crippen LogP contribution in [0.25, 0.3) is 0 Å². The van der Waals surface area contributed by atoms with Crippen molar-refractivity contribution in [3.8, 4) is 5.75 Å². The molecule has 0 atom stereocenters. The first-order chi connectivity index (χ1) is 9.07. The fourth-order valence-electron chi connectivity index (χ4n) is 1.45. The van der Waals surface area contributed by atoms with Crippen LogP contribution in [-0.2, 0) is 10.0 Å². The minimum Gasteiger partial charge on any atom is -0.495 e. The zero-order valence-electron chi connectivity index (χ0n) is 10.9. The van der Waals surface area contributed by atoms with Gasteiger partial charge >= 0.3 is 6.18 Å². The van der Waals surface area contributed by atoms with E-state index in [1.807, 2.05) is 4.72 Å². The first-order valence-electron chi connectivity index (χ1n) is 5.57. The van der Waals surface area contributed by atoms with Crippen LogP contribution in [0.5, 0.6) is 5.75 Å². The number of aryl methyl sites for hydroxylation is 1. The minimum absolute atomic E-state index is 0.0243. The summed E-state index contributed by atoms with van der Waals surface area (Å²) >= 11 is 0. The zero-order chi connectivity index (χ0) is 15.6. The van der Waals surface area contributed by atoms with E-state index in [0.29, 0.717) is 5.56 Å². The molecule has 0 saturated carbocycles. The highest BCUT2D eigenvalue weighted by atomic mass is 32.2. The maximum absolute atomic E-state index is 12.0. The Kier molecular flexibility index (Phi) is 4.87. The number of methoxy groups -OCH3 is 1. The fraction of sp³-hybridized carbons (Fsp3) is 0.455. The third kappa shape index (κ3) is 4.27. The molecule has 1 aromatic carbocycles. The van der Waals surface area contributed by atoms with Crippen LogP contribution in [0.15, 0.2) is 17.0 Å². The SMILES string of the molecule is COc1cc(C)c(N)cc1S(=O)(=O)NCCC(F)(F)F. The van der Waals surface area contributed by atoms with E-state index < -0.39 is 29.2 Å². The molecule has 20 heavy (non-hydrogen) atoms. The third-order valence-corrected chi connectivity index (χ3v) is 4.02. The van der Waals surface area contributed by atoms with E-state index in [9.17, 15) is 21.6 Å². The molecule has 1 rings (SSSR count). The Morgan fingerprint density at radius 3 is 2.45 bits per heavy atom. The maximum atomic E-state index is 12.0. The Morgan fingerprint density at radius 1 is 1.35 bits per heavy atom. The fourth-order valence-corrected chi connectivity index (χ4v) is 2.67. The molecule has 0 aromatic heterocycles. The van der Waals surface area contributed by atoms with Crippen molar-refractivity contribution in [2.75, 3.05) is 19.4 Å². The molecule has 0 fully saturated rings. The van der Waals surface area contributed by atoms with Gasteiger partial charge in [-0.3, -0.25) is 0 Å². The molecule has 114 valence electrons. The van der Waals surface area contributed by atoms with Crippen LogP contribution in [0.2, 0.25) is 0 Å². The molecule has 0 unspecified atom stereocenters. The molecular weight excluding hydrogens is 297 g/mol. The van der Waals surface area contributed by atoms with E-state index in [2.05, 4.69) is 0 Å². The van der Waals surface area contributed by atoms with Crippen molar-refractivity contribution >= 4 is 15.7 Å². The van der Waals surface area contributed by atoms with E-state index in [0.717, 1.165) is 6.07 Å². The van der Waals surface area contributed by atoms with Gasteiger partial charge in [0.1, 0.15) is 10.6 Å². The number of rotatable bonds is 5. The number of hydrogen-bond acceptors (Lipinski definition) is 4. The van der Waals surface area contributed by atoms with E-state index in [1.54, 1.807) is 6.92 Å². The van der Waals surface area contributed by atoms with E-state index in [1.165, 1.54) is 13.2 Å². The summed E-state index contributed by atoms with van der Waals surface area (Å²) < 4.78 is 66.7. The molecule has 1 aromatic rings. The smallest absolute Gasteiger partial charge is 0.390 e. The molecule has 5 nitrogen and oxygen atoms in total. The number of ether oxygens (including phenoxy) is 1. The van der Waals surface area contributed by atoms with Crippen LogP contribution in [0.1, 0.15) is 12.0 Å². The molecule has 0 amide bonds. The average Bonchev–Trinajstić information content (AvgIpc) is 2.29.